The molecule has 224 valence electrons. The number of pyridine rings is 1. The van der Waals surface area contributed by atoms with E-state index in [0.29, 0.717) is 28.3 Å². The summed E-state index contributed by atoms with van der Waals surface area (Å²) < 4.78 is 44.4. The maximum atomic E-state index is 14.3. The summed E-state index contributed by atoms with van der Waals surface area (Å²) in [5.74, 6) is -3.22. The first-order chi connectivity index (χ1) is 20.3. The van der Waals surface area contributed by atoms with Gasteiger partial charge >= 0.3 is 0 Å². The molecule has 4 aromatic rings. The molecule has 3 N–H and O–H groups in total. The van der Waals surface area contributed by atoms with Gasteiger partial charge in [0.25, 0.3) is 5.91 Å². The van der Waals surface area contributed by atoms with Crippen LogP contribution >= 0.6 is 0 Å². The number of amides is 2. The van der Waals surface area contributed by atoms with Crippen LogP contribution in [0.4, 0.5) is 13.2 Å². The summed E-state index contributed by atoms with van der Waals surface area (Å²) in [4.78, 5) is 30.3. The molecule has 0 radical (unpaired) electrons. The molecule has 43 heavy (non-hydrogen) atoms. The number of nitrogens with one attached hydrogen (secondary N) is 1. The number of carbonyl (C=O) groups excluding carboxylic acids is 2. The van der Waals surface area contributed by atoms with Crippen LogP contribution in [0.15, 0.2) is 60.8 Å². The van der Waals surface area contributed by atoms with Gasteiger partial charge in [0, 0.05) is 34.9 Å². The van der Waals surface area contributed by atoms with Crippen molar-refractivity contribution >= 4 is 11.8 Å². The number of benzene rings is 2. The number of hydrogen-bond acceptors (Lipinski definition) is 4. The fourth-order valence-electron chi connectivity index (χ4n) is 5.17. The molecule has 1 fully saturated rings. The molecule has 2 atom stereocenters. The van der Waals surface area contributed by atoms with Crippen LogP contribution in [0.1, 0.15) is 91.5 Å². The Bertz CT molecular complexity index is 1670. The summed E-state index contributed by atoms with van der Waals surface area (Å²) in [6.45, 7) is 7.96. The highest BCUT2D eigenvalue weighted by molar-refractivity contribution is 5.94. The normalized spacial score (nSPS) is 14.8. The van der Waals surface area contributed by atoms with E-state index in [2.05, 4.69) is 37.1 Å². The molecule has 1 unspecified atom stereocenters. The van der Waals surface area contributed by atoms with Crippen LogP contribution in [0.3, 0.4) is 0 Å². The zero-order valence-corrected chi connectivity index (χ0v) is 24.5. The summed E-state index contributed by atoms with van der Waals surface area (Å²) in [5, 5.41) is 7.85. The van der Waals surface area contributed by atoms with Crippen LogP contribution in [-0.2, 0) is 16.6 Å². The number of nitrogens with two attached hydrogens (primary N) is 1. The van der Waals surface area contributed by atoms with Crippen molar-refractivity contribution in [2.24, 2.45) is 5.73 Å². The molecule has 0 bridgehead atoms. The minimum absolute atomic E-state index is 0.00283. The van der Waals surface area contributed by atoms with E-state index in [4.69, 9.17) is 10.8 Å². The first-order valence-electron chi connectivity index (χ1n) is 14.2. The maximum Gasteiger partial charge on any atom is 0.251 e. The molecule has 1 saturated carbocycles. The van der Waals surface area contributed by atoms with E-state index in [0.717, 1.165) is 36.4 Å². The second-order valence-corrected chi connectivity index (χ2v) is 12.1. The van der Waals surface area contributed by atoms with Gasteiger partial charge in [0.15, 0.2) is 0 Å². The minimum Gasteiger partial charge on any atom is -0.366 e. The van der Waals surface area contributed by atoms with Gasteiger partial charge in [-0.3, -0.25) is 19.3 Å². The summed E-state index contributed by atoms with van der Waals surface area (Å²) in [6, 6.07) is 11.0. The van der Waals surface area contributed by atoms with Crippen LogP contribution < -0.4 is 11.1 Å². The van der Waals surface area contributed by atoms with Gasteiger partial charge in [0.2, 0.25) is 5.91 Å². The number of nitrogens with zero attached hydrogens (tertiary/aromatic N) is 3. The lowest BCUT2D eigenvalue weighted by molar-refractivity contribution is -0.125. The Morgan fingerprint density at radius 1 is 1.05 bits per heavy atom. The average Bonchev–Trinajstić information content (AvgIpc) is 3.68. The first-order valence-corrected chi connectivity index (χ1v) is 14.2. The lowest BCUT2D eigenvalue weighted by Crippen LogP contribution is -2.36. The van der Waals surface area contributed by atoms with Crippen LogP contribution in [0, 0.1) is 17.5 Å². The average molecular weight is 590 g/mol. The fraction of sp³-hybridized carbons (Fsp3) is 0.333. The van der Waals surface area contributed by atoms with Crippen LogP contribution in [0.5, 0.6) is 0 Å². The number of aromatic nitrogens is 3. The summed E-state index contributed by atoms with van der Waals surface area (Å²) in [7, 11) is 0. The Morgan fingerprint density at radius 3 is 2.37 bits per heavy atom. The quantitative estimate of drug-likeness (QED) is 0.239. The third-order valence-electron chi connectivity index (χ3n) is 7.67. The summed E-state index contributed by atoms with van der Waals surface area (Å²) in [6.07, 6.45) is 3.59. The number of halogens is 3. The molecule has 2 heterocycles. The van der Waals surface area contributed by atoms with Crippen LogP contribution in [0.2, 0.25) is 0 Å². The standard InChI is InChI=1S/C33H34F3N5O2/c1-18(41-28(20-7-8-20)17-29(40-41)33(2,3)4)32(43)39-27(14-19-12-22(34)16-23(35)13-19)30-24(6-5-11-38-30)21-9-10-26(36)25(15-21)31(37)42/h5-6,9-13,15-18,20,27H,7-8,14H2,1-4H3,(H2,37,42)(H,39,43)/t18?,27-/m0/s1. The van der Waals surface area contributed by atoms with Crippen molar-refractivity contribution in [1.82, 2.24) is 20.1 Å². The van der Waals surface area contributed by atoms with Gasteiger partial charge in [-0.2, -0.15) is 5.10 Å². The van der Waals surface area contributed by atoms with Crippen molar-refractivity contribution < 1.29 is 22.8 Å². The van der Waals surface area contributed by atoms with E-state index in [1.165, 1.54) is 30.5 Å². The van der Waals surface area contributed by atoms with Crippen molar-refractivity contribution in [2.45, 2.75) is 70.4 Å². The summed E-state index contributed by atoms with van der Waals surface area (Å²) in [5.41, 5.74) is 8.36. The van der Waals surface area contributed by atoms with Crippen molar-refractivity contribution in [2.75, 3.05) is 0 Å². The Labute approximate surface area is 248 Å². The third kappa shape index (κ3) is 6.63. The first kappa shape index (κ1) is 30.0. The van der Waals surface area contributed by atoms with Gasteiger partial charge in [0.1, 0.15) is 23.5 Å². The molecule has 0 aliphatic heterocycles. The van der Waals surface area contributed by atoms with Gasteiger partial charge in [0.05, 0.1) is 23.0 Å². The van der Waals surface area contributed by atoms with Gasteiger partial charge in [-0.25, -0.2) is 13.2 Å². The van der Waals surface area contributed by atoms with Gasteiger partial charge in [-0.05, 0) is 73.7 Å². The molecule has 1 aliphatic carbocycles. The molecular weight excluding hydrogens is 555 g/mol. The predicted molar refractivity (Wildman–Crippen MR) is 157 cm³/mol. The second-order valence-electron chi connectivity index (χ2n) is 12.1. The zero-order chi connectivity index (χ0) is 31.1. The smallest absolute Gasteiger partial charge is 0.251 e. The fourth-order valence-corrected chi connectivity index (χ4v) is 5.17. The lowest BCUT2D eigenvalue weighted by Gasteiger charge is -2.24. The summed E-state index contributed by atoms with van der Waals surface area (Å²) >= 11 is 0. The van der Waals surface area contributed by atoms with E-state index in [9.17, 15) is 22.8 Å². The molecule has 0 spiro atoms. The van der Waals surface area contributed by atoms with E-state index < -0.39 is 35.4 Å². The number of carbonyl (C=O) groups is 2. The number of primary amides is 1. The third-order valence-corrected chi connectivity index (χ3v) is 7.67. The predicted octanol–water partition coefficient (Wildman–Crippen LogP) is 6.30. The largest absolute Gasteiger partial charge is 0.366 e. The molecule has 2 aromatic carbocycles. The molecule has 5 rings (SSSR count). The highest BCUT2D eigenvalue weighted by Gasteiger charge is 2.34. The zero-order valence-electron chi connectivity index (χ0n) is 24.5. The Hall–Kier alpha value is -4.47. The Balaban J connectivity index is 1.55. The van der Waals surface area contributed by atoms with Gasteiger partial charge in [-0.15, -0.1) is 0 Å². The van der Waals surface area contributed by atoms with Crippen LogP contribution in [-0.4, -0.2) is 26.6 Å². The molecule has 7 nitrogen and oxygen atoms in total. The van der Waals surface area contributed by atoms with Crippen molar-refractivity contribution in [3.8, 4) is 11.1 Å². The van der Waals surface area contributed by atoms with Gasteiger partial charge < -0.3 is 11.1 Å². The SMILES string of the molecule is CC(C(=O)N[C@@H](Cc1cc(F)cc(F)c1)c1ncccc1-c1ccc(F)c(C(N)=O)c1)n1nc(C(C)(C)C)cc1C1CC1. The van der Waals surface area contributed by atoms with E-state index >= 15 is 0 Å². The highest BCUT2D eigenvalue weighted by Crippen LogP contribution is 2.42. The van der Waals surface area contributed by atoms with E-state index in [1.807, 2.05) is 0 Å². The van der Waals surface area contributed by atoms with E-state index in [-0.39, 0.29) is 23.3 Å². The van der Waals surface area contributed by atoms with Gasteiger partial charge in [-0.1, -0.05) is 32.9 Å². The maximum absolute atomic E-state index is 14.3. The second kappa shape index (κ2) is 11.7. The highest BCUT2D eigenvalue weighted by atomic mass is 19.1. The molecule has 2 amide bonds. The lowest BCUT2D eigenvalue weighted by atomic mass is 9.92. The van der Waals surface area contributed by atoms with E-state index in [1.54, 1.807) is 23.7 Å². The van der Waals surface area contributed by atoms with Crippen molar-refractivity contribution in [1.29, 1.82) is 0 Å². The number of rotatable bonds is 9. The van der Waals surface area contributed by atoms with Crippen LogP contribution in [0.25, 0.3) is 11.1 Å². The minimum atomic E-state index is -0.931. The molecule has 2 aromatic heterocycles. The monoisotopic (exact) mass is 589 g/mol. The Morgan fingerprint density at radius 2 is 1.74 bits per heavy atom. The molecule has 1 aliphatic rings. The topological polar surface area (TPSA) is 103 Å². The van der Waals surface area contributed by atoms with Crippen molar-refractivity contribution in [3.63, 3.8) is 0 Å². The molecule has 0 saturated heterocycles. The Kier molecular flexibility index (Phi) is 8.14. The molecule has 10 heteroatoms. The van der Waals surface area contributed by atoms with Crippen molar-refractivity contribution in [3.05, 3.63) is 106 Å². The molecular formula is C33H34F3N5O2. The number of hydrogen-bond donors (Lipinski definition) is 2.